The van der Waals surface area contributed by atoms with Gasteiger partial charge in [0.2, 0.25) is 0 Å². The van der Waals surface area contributed by atoms with Crippen LogP contribution in [0.1, 0.15) is 41.6 Å². The lowest BCUT2D eigenvalue weighted by Gasteiger charge is -2.30. The molecule has 132 valence electrons. The number of esters is 2. The largest absolute Gasteiger partial charge is 0.466 e. The van der Waals surface area contributed by atoms with Crippen molar-refractivity contribution in [3.8, 4) is 0 Å². The Morgan fingerprint density at radius 1 is 1.21 bits per heavy atom. The minimum Gasteiger partial charge on any atom is -0.466 e. The summed E-state index contributed by atoms with van der Waals surface area (Å²) in [6.45, 7) is 6.16. The number of hydrogen-bond donors (Lipinski definition) is 0. The highest BCUT2D eigenvalue weighted by molar-refractivity contribution is 5.92. The van der Waals surface area contributed by atoms with E-state index < -0.39 is 5.97 Å². The van der Waals surface area contributed by atoms with E-state index in [1.54, 1.807) is 31.7 Å². The molecule has 1 aromatic rings. The average Bonchev–Trinajstić information content (AvgIpc) is 2.91. The van der Waals surface area contributed by atoms with Crippen LogP contribution in [0.3, 0.4) is 0 Å². The number of rotatable bonds is 5. The fourth-order valence-corrected chi connectivity index (χ4v) is 2.75. The number of amides is 1. The SMILES string of the molecule is CCOC(=O)C1CCN(C(=O)COC(=O)c2cc(C)oc2C)CC1. The van der Waals surface area contributed by atoms with Crippen LogP contribution < -0.4 is 0 Å². The lowest BCUT2D eigenvalue weighted by molar-refractivity contribution is -0.151. The van der Waals surface area contributed by atoms with Crippen molar-refractivity contribution in [3.63, 3.8) is 0 Å². The van der Waals surface area contributed by atoms with Crippen LogP contribution in [0.15, 0.2) is 10.5 Å². The van der Waals surface area contributed by atoms with Gasteiger partial charge in [-0.15, -0.1) is 0 Å². The first kappa shape index (κ1) is 18.0. The number of furan rings is 1. The van der Waals surface area contributed by atoms with E-state index in [9.17, 15) is 14.4 Å². The van der Waals surface area contributed by atoms with Crippen molar-refractivity contribution in [3.05, 3.63) is 23.2 Å². The van der Waals surface area contributed by atoms with Gasteiger partial charge >= 0.3 is 11.9 Å². The minimum atomic E-state index is -0.570. The van der Waals surface area contributed by atoms with E-state index in [2.05, 4.69) is 0 Å². The lowest BCUT2D eigenvalue weighted by atomic mass is 9.97. The summed E-state index contributed by atoms with van der Waals surface area (Å²) in [7, 11) is 0. The summed E-state index contributed by atoms with van der Waals surface area (Å²) in [6.07, 6.45) is 1.14. The fourth-order valence-electron chi connectivity index (χ4n) is 2.75. The molecule has 0 unspecified atom stereocenters. The molecule has 0 spiro atoms. The van der Waals surface area contributed by atoms with Crippen molar-refractivity contribution in [2.45, 2.75) is 33.6 Å². The predicted molar refractivity (Wildman–Crippen MR) is 84.4 cm³/mol. The van der Waals surface area contributed by atoms with Crippen LogP contribution in [0, 0.1) is 19.8 Å². The maximum absolute atomic E-state index is 12.1. The van der Waals surface area contributed by atoms with Crippen LogP contribution in [0.25, 0.3) is 0 Å². The number of ether oxygens (including phenoxy) is 2. The van der Waals surface area contributed by atoms with Crippen LogP contribution in [-0.4, -0.2) is 49.0 Å². The third-order valence-corrected chi connectivity index (χ3v) is 4.06. The number of piperidine rings is 1. The molecule has 1 fully saturated rings. The maximum Gasteiger partial charge on any atom is 0.342 e. The summed E-state index contributed by atoms with van der Waals surface area (Å²) in [5, 5.41) is 0. The zero-order valence-electron chi connectivity index (χ0n) is 14.3. The predicted octanol–water partition coefficient (Wildman–Crippen LogP) is 1.85. The van der Waals surface area contributed by atoms with E-state index >= 15 is 0 Å². The van der Waals surface area contributed by atoms with Crippen LogP contribution >= 0.6 is 0 Å². The molecule has 1 saturated heterocycles. The molecule has 0 radical (unpaired) electrons. The maximum atomic E-state index is 12.1. The Labute approximate surface area is 140 Å². The molecule has 0 bridgehead atoms. The molecule has 1 aromatic heterocycles. The first-order chi connectivity index (χ1) is 11.4. The molecule has 7 nitrogen and oxygen atoms in total. The van der Waals surface area contributed by atoms with Crippen LogP contribution in [-0.2, 0) is 19.1 Å². The third kappa shape index (κ3) is 4.37. The molecule has 1 aliphatic heterocycles. The Morgan fingerprint density at radius 2 is 1.88 bits per heavy atom. The third-order valence-electron chi connectivity index (χ3n) is 4.06. The lowest BCUT2D eigenvalue weighted by Crippen LogP contribution is -2.42. The molecule has 0 aliphatic carbocycles. The van der Waals surface area contributed by atoms with Gasteiger partial charge in [-0.1, -0.05) is 0 Å². The standard InChI is InChI=1S/C17H23NO6/c1-4-22-16(20)13-5-7-18(8-6-13)15(19)10-23-17(21)14-9-11(2)24-12(14)3/h9,13H,4-8,10H2,1-3H3. The zero-order chi connectivity index (χ0) is 17.7. The van der Waals surface area contributed by atoms with Gasteiger partial charge in [0.1, 0.15) is 17.1 Å². The highest BCUT2D eigenvalue weighted by atomic mass is 16.5. The van der Waals surface area contributed by atoms with Crippen molar-refractivity contribution in [2.24, 2.45) is 5.92 Å². The smallest absolute Gasteiger partial charge is 0.342 e. The number of aryl methyl sites for hydroxylation is 2. The second-order valence-corrected chi connectivity index (χ2v) is 5.81. The molecule has 1 aliphatic rings. The topological polar surface area (TPSA) is 86.0 Å². The van der Waals surface area contributed by atoms with E-state index in [4.69, 9.17) is 13.9 Å². The monoisotopic (exact) mass is 337 g/mol. The van der Waals surface area contributed by atoms with Crippen molar-refractivity contribution in [1.29, 1.82) is 0 Å². The fraction of sp³-hybridized carbons (Fsp3) is 0.588. The number of likely N-dealkylation sites (tertiary alicyclic amines) is 1. The van der Waals surface area contributed by atoms with E-state index in [1.807, 2.05) is 0 Å². The van der Waals surface area contributed by atoms with Gasteiger partial charge in [0.05, 0.1) is 12.5 Å². The number of carbonyl (C=O) groups excluding carboxylic acids is 3. The summed E-state index contributed by atoms with van der Waals surface area (Å²) in [4.78, 5) is 37.4. The molecule has 0 aromatic carbocycles. The average molecular weight is 337 g/mol. The number of carbonyl (C=O) groups is 3. The zero-order valence-corrected chi connectivity index (χ0v) is 14.3. The van der Waals surface area contributed by atoms with Crippen LogP contribution in [0.2, 0.25) is 0 Å². The van der Waals surface area contributed by atoms with Gasteiger partial charge in [-0.25, -0.2) is 4.79 Å². The van der Waals surface area contributed by atoms with Gasteiger partial charge in [0.25, 0.3) is 5.91 Å². The van der Waals surface area contributed by atoms with Crippen LogP contribution in [0.4, 0.5) is 0 Å². The van der Waals surface area contributed by atoms with E-state index in [-0.39, 0.29) is 24.4 Å². The Morgan fingerprint density at radius 3 is 2.42 bits per heavy atom. The van der Waals surface area contributed by atoms with Crippen molar-refractivity contribution in [2.75, 3.05) is 26.3 Å². The van der Waals surface area contributed by atoms with Gasteiger partial charge < -0.3 is 18.8 Å². The number of nitrogens with zero attached hydrogens (tertiary/aromatic N) is 1. The summed E-state index contributed by atoms with van der Waals surface area (Å²) in [5.74, 6) is -0.107. The molecule has 1 amide bonds. The molecule has 0 saturated carbocycles. The molecule has 24 heavy (non-hydrogen) atoms. The highest BCUT2D eigenvalue weighted by Crippen LogP contribution is 2.19. The summed E-state index contributed by atoms with van der Waals surface area (Å²) < 4.78 is 15.3. The first-order valence-electron chi connectivity index (χ1n) is 8.11. The molecular formula is C17H23NO6. The molecule has 2 rings (SSSR count). The van der Waals surface area contributed by atoms with Gasteiger partial charge in [0.15, 0.2) is 6.61 Å². The number of hydrogen-bond acceptors (Lipinski definition) is 6. The second-order valence-electron chi connectivity index (χ2n) is 5.81. The molecule has 7 heteroatoms. The Balaban J connectivity index is 1.79. The van der Waals surface area contributed by atoms with Gasteiger partial charge in [0, 0.05) is 13.1 Å². The summed E-state index contributed by atoms with van der Waals surface area (Å²) in [5.41, 5.74) is 0.335. The Hall–Kier alpha value is -2.31. The molecular weight excluding hydrogens is 314 g/mol. The van der Waals surface area contributed by atoms with E-state index in [0.29, 0.717) is 49.6 Å². The summed E-state index contributed by atoms with van der Waals surface area (Å²) in [6, 6.07) is 1.59. The highest BCUT2D eigenvalue weighted by Gasteiger charge is 2.28. The Bertz CT molecular complexity index is 613. The molecule has 0 atom stereocenters. The van der Waals surface area contributed by atoms with Crippen molar-refractivity contribution < 1.29 is 28.3 Å². The first-order valence-corrected chi connectivity index (χ1v) is 8.11. The quantitative estimate of drug-likeness (QED) is 0.762. The second kappa shape index (κ2) is 7.99. The Kier molecular flexibility index (Phi) is 6.00. The molecule has 2 heterocycles. The van der Waals surface area contributed by atoms with E-state index in [0.717, 1.165) is 0 Å². The van der Waals surface area contributed by atoms with Crippen LogP contribution in [0.5, 0.6) is 0 Å². The van der Waals surface area contributed by atoms with Gasteiger partial charge in [-0.3, -0.25) is 9.59 Å². The summed E-state index contributed by atoms with van der Waals surface area (Å²) >= 11 is 0. The van der Waals surface area contributed by atoms with E-state index in [1.165, 1.54) is 0 Å². The normalized spacial score (nSPS) is 15.2. The van der Waals surface area contributed by atoms with Gasteiger partial charge in [-0.2, -0.15) is 0 Å². The minimum absolute atomic E-state index is 0.159. The van der Waals surface area contributed by atoms with Gasteiger partial charge in [-0.05, 0) is 39.7 Å². The van der Waals surface area contributed by atoms with Crippen molar-refractivity contribution >= 4 is 17.8 Å². The molecule has 0 N–H and O–H groups in total. The van der Waals surface area contributed by atoms with Crippen molar-refractivity contribution in [1.82, 2.24) is 4.90 Å².